The molecule has 0 bridgehead atoms. The zero-order valence-electron chi connectivity index (χ0n) is 10.5. The molecule has 2 rings (SSSR count). The molecule has 0 aliphatic carbocycles. The number of aromatic nitrogens is 2. The highest BCUT2D eigenvalue weighted by atomic mass is 32.1. The molecule has 0 radical (unpaired) electrons. The van der Waals surface area contributed by atoms with Crippen molar-refractivity contribution < 1.29 is 9.90 Å². The molecule has 6 heteroatoms. The molecule has 0 saturated carbocycles. The fourth-order valence-electron chi connectivity index (χ4n) is 1.72. The van der Waals surface area contributed by atoms with Crippen molar-refractivity contribution in [1.29, 1.82) is 0 Å². The smallest absolute Gasteiger partial charge is 0.220 e. The standard InChI is InChI=1S/C13H17N3O2S/c17-12(11-3-7-19-9-11)8-15-13(18)2-1-5-16-6-4-14-10-16/h3-4,6-7,9-10,12,17H,1-2,5,8H2,(H,15,18). The molecule has 2 aromatic heterocycles. The van der Waals surface area contributed by atoms with Crippen LogP contribution in [-0.2, 0) is 11.3 Å². The van der Waals surface area contributed by atoms with Crippen molar-refractivity contribution in [3.8, 4) is 0 Å². The highest BCUT2D eigenvalue weighted by Gasteiger charge is 2.09. The third-order valence-electron chi connectivity index (χ3n) is 2.80. The number of nitrogens with one attached hydrogen (secondary N) is 1. The van der Waals surface area contributed by atoms with Crippen molar-refractivity contribution in [3.63, 3.8) is 0 Å². The lowest BCUT2D eigenvalue weighted by atomic mass is 10.2. The van der Waals surface area contributed by atoms with Crippen LogP contribution in [0.3, 0.4) is 0 Å². The van der Waals surface area contributed by atoms with Crippen molar-refractivity contribution in [2.75, 3.05) is 6.54 Å². The summed E-state index contributed by atoms with van der Waals surface area (Å²) in [5.41, 5.74) is 0.851. The lowest BCUT2D eigenvalue weighted by Gasteiger charge is -2.10. The summed E-state index contributed by atoms with van der Waals surface area (Å²) in [5.74, 6) is -0.0330. The van der Waals surface area contributed by atoms with Crippen molar-refractivity contribution in [3.05, 3.63) is 41.1 Å². The van der Waals surface area contributed by atoms with Crippen LogP contribution < -0.4 is 5.32 Å². The molecule has 0 aromatic carbocycles. The summed E-state index contributed by atoms with van der Waals surface area (Å²) in [6.45, 7) is 1.04. The fraction of sp³-hybridized carbons (Fsp3) is 0.385. The van der Waals surface area contributed by atoms with E-state index in [9.17, 15) is 9.90 Å². The summed E-state index contributed by atoms with van der Waals surface area (Å²) >= 11 is 1.53. The zero-order valence-corrected chi connectivity index (χ0v) is 11.3. The Morgan fingerprint density at radius 3 is 3.16 bits per heavy atom. The average molecular weight is 279 g/mol. The Morgan fingerprint density at radius 2 is 2.47 bits per heavy atom. The van der Waals surface area contributed by atoms with E-state index in [-0.39, 0.29) is 12.5 Å². The van der Waals surface area contributed by atoms with Crippen molar-refractivity contribution in [2.24, 2.45) is 0 Å². The maximum absolute atomic E-state index is 11.6. The molecule has 1 amide bonds. The van der Waals surface area contributed by atoms with E-state index in [0.29, 0.717) is 6.42 Å². The number of hydrogen-bond acceptors (Lipinski definition) is 4. The molecular weight excluding hydrogens is 262 g/mol. The van der Waals surface area contributed by atoms with Gasteiger partial charge in [-0.25, -0.2) is 4.98 Å². The Bertz CT molecular complexity index is 482. The predicted molar refractivity (Wildman–Crippen MR) is 73.7 cm³/mol. The number of thiophene rings is 1. The molecule has 0 aliphatic rings. The first-order chi connectivity index (χ1) is 9.25. The van der Waals surface area contributed by atoms with Gasteiger partial charge in [0.1, 0.15) is 0 Å². The van der Waals surface area contributed by atoms with Gasteiger partial charge in [-0.05, 0) is 28.8 Å². The molecule has 0 fully saturated rings. The Morgan fingerprint density at radius 1 is 1.58 bits per heavy atom. The molecular formula is C13H17N3O2S. The van der Waals surface area contributed by atoms with Crippen LogP contribution in [0.2, 0.25) is 0 Å². The van der Waals surface area contributed by atoms with Gasteiger partial charge in [-0.2, -0.15) is 11.3 Å². The number of nitrogens with zero attached hydrogens (tertiary/aromatic N) is 2. The quantitative estimate of drug-likeness (QED) is 0.808. The molecule has 2 heterocycles. The van der Waals surface area contributed by atoms with Gasteiger partial charge >= 0.3 is 0 Å². The average Bonchev–Trinajstić information content (AvgIpc) is 3.08. The van der Waals surface area contributed by atoms with Crippen LogP contribution in [0.1, 0.15) is 24.5 Å². The zero-order chi connectivity index (χ0) is 13.5. The van der Waals surface area contributed by atoms with E-state index < -0.39 is 6.10 Å². The van der Waals surface area contributed by atoms with Gasteiger partial charge in [-0.15, -0.1) is 0 Å². The topological polar surface area (TPSA) is 67.2 Å². The number of carbonyl (C=O) groups excluding carboxylic acids is 1. The summed E-state index contributed by atoms with van der Waals surface area (Å²) in [4.78, 5) is 15.5. The Kier molecular flexibility index (Phi) is 5.11. The predicted octanol–water partition coefficient (Wildman–Crippen LogP) is 1.57. The SMILES string of the molecule is O=C(CCCn1ccnc1)NCC(O)c1ccsc1. The Hall–Kier alpha value is -1.66. The summed E-state index contributed by atoms with van der Waals surface area (Å²) in [6, 6.07) is 1.86. The number of imidazole rings is 1. The van der Waals surface area contributed by atoms with E-state index in [4.69, 9.17) is 0 Å². The first-order valence-electron chi connectivity index (χ1n) is 6.18. The van der Waals surface area contributed by atoms with E-state index >= 15 is 0 Å². The van der Waals surface area contributed by atoms with Crippen molar-refractivity contribution in [2.45, 2.75) is 25.5 Å². The van der Waals surface area contributed by atoms with Gasteiger partial charge in [0.2, 0.25) is 5.91 Å². The summed E-state index contributed by atoms with van der Waals surface area (Å²) in [6.07, 6.45) is 5.92. The third-order valence-corrected chi connectivity index (χ3v) is 3.50. The minimum Gasteiger partial charge on any atom is -0.387 e. The van der Waals surface area contributed by atoms with Gasteiger partial charge < -0.3 is 15.0 Å². The monoisotopic (exact) mass is 279 g/mol. The second-order valence-electron chi connectivity index (χ2n) is 4.28. The van der Waals surface area contributed by atoms with Gasteiger partial charge in [0, 0.05) is 31.9 Å². The van der Waals surface area contributed by atoms with Crippen molar-refractivity contribution in [1.82, 2.24) is 14.9 Å². The first kappa shape index (κ1) is 13.8. The number of aliphatic hydroxyl groups is 1. The fourth-order valence-corrected chi connectivity index (χ4v) is 2.43. The van der Waals surface area contributed by atoms with Gasteiger partial charge in [-0.1, -0.05) is 0 Å². The van der Waals surface area contributed by atoms with Gasteiger partial charge in [0.15, 0.2) is 0 Å². The van der Waals surface area contributed by atoms with Crippen LogP contribution in [0, 0.1) is 0 Å². The first-order valence-corrected chi connectivity index (χ1v) is 7.12. The molecule has 19 heavy (non-hydrogen) atoms. The van der Waals surface area contributed by atoms with E-state index in [2.05, 4.69) is 10.3 Å². The van der Waals surface area contributed by atoms with Crippen LogP contribution in [0.25, 0.3) is 0 Å². The van der Waals surface area contributed by atoms with E-state index in [1.807, 2.05) is 27.6 Å². The van der Waals surface area contributed by atoms with Gasteiger partial charge in [0.25, 0.3) is 0 Å². The number of carbonyl (C=O) groups is 1. The normalized spacial score (nSPS) is 12.3. The lowest BCUT2D eigenvalue weighted by Crippen LogP contribution is -2.28. The van der Waals surface area contributed by atoms with Crippen LogP contribution in [0.5, 0.6) is 0 Å². The molecule has 1 atom stereocenters. The van der Waals surface area contributed by atoms with Crippen molar-refractivity contribution >= 4 is 17.2 Å². The third kappa shape index (κ3) is 4.50. The van der Waals surface area contributed by atoms with E-state index in [0.717, 1.165) is 18.5 Å². The summed E-state index contributed by atoms with van der Waals surface area (Å²) in [5, 5.41) is 16.3. The van der Waals surface area contributed by atoms with Gasteiger partial charge in [-0.3, -0.25) is 4.79 Å². The number of rotatable bonds is 7. The molecule has 2 aromatic rings. The molecule has 0 aliphatic heterocycles. The summed E-state index contributed by atoms with van der Waals surface area (Å²) in [7, 11) is 0. The number of amides is 1. The largest absolute Gasteiger partial charge is 0.387 e. The molecule has 1 unspecified atom stereocenters. The second kappa shape index (κ2) is 7.06. The van der Waals surface area contributed by atoms with E-state index in [1.54, 1.807) is 12.5 Å². The van der Waals surface area contributed by atoms with Crippen LogP contribution in [0.4, 0.5) is 0 Å². The lowest BCUT2D eigenvalue weighted by molar-refractivity contribution is -0.121. The van der Waals surface area contributed by atoms with Crippen LogP contribution in [0.15, 0.2) is 35.5 Å². The Labute approximate surface area is 115 Å². The highest BCUT2D eigenvalue weighted by molar-refractivity contribution is 7.07. The maximum atomic E-state index is 11.6. The van der Waals surface area contributed by atoms with Crippen LogP contribution >= 0.6 is 11.3 Å². The highest BCUT2D eigenvalue weighted by Crippen LogP contribution is 2.15. The molecule has 0 spiro atoms. The minimum absolute atomic E-state index is 0.0330. The number of hydrogen-bond donors (Lipinski definition) is 2. The minimum atomic E-state index is -0.621. The number of aryl methyl sites for hydroxylation is 1. The summed E-state index contributed by atoms with van der Waals surface area (Å²) < 4.78 is 1.94. The Balaban J connectivity index is 1.62. The second-order valence-corrected chi connectivity index (χ2v) is 5.06. The maximum Gasteiger partial charge on any atom is 0.220 e. The molecule has 2 N–H and O–H groups in total. The molecule has 102 valence electrons. The van der Waals surface area contributed by atoms with Gasteiger partial charge in [0.05, 0.1) is 12.4 Å². The molecule has 5 nitrogen and oxygen atoms in total. The van der Waals surface area contributed by atoms with Crippen LogP contribution in [-0.4, -0.2) is 27.1 Å². The number of aliphatic hydroxyl groups excluding tert-OH is 1. The van der Waals surface area contributed by atoms with E-state index in [1.165, 1.54) is 11.3 Å². The molecule has 0 saturated heterocycles.